The summed E-state index contributed by atoms with van der Waals surface area (Å²) in [6, 6.07) is 8.82. The predicted molar refractivity (Wildman–Crippen MR) is 86.9 cm³/mol. The summed E-state index contributed by atoms with van der Waals surface area (Å²) in [7, 11) is 0. The molecule has 3 atom stereocenters. The van der Waals surface area contributed by atoms with Gasteiger partial charge in [-0.25, -0.2) is 0 Å². The van der Waals surface area contributed by atoms with E-state index in [9.17, 15) is 4.79 Å². The number of carbonyl (C=O) groups excluding carboxylic acids is 1. The minimum absolute atomic E-state index is 0.00533. The van der Waals surface area contributed by atoms with E-state index in [-0.39, 0.29) is 24.2 Å². The fourth-order valence-electron chi connectivity index (χ4n) is 3.28. The molecule has 21 heavy (non-hydrogen) atoms. The van der Waals surface area contributed by atoms with Gasteiger partial charge in [-0.3, -0.25) is 10.1 Å². The Bertz CT molecular complexity index is 480. The van der Waals surface area contributed by atoms with E-state index < -0.39 is 0 Å². The van der Waals surface area contributed by atoms with Gasteiger partial charge in [-0.05, 0) is 36.8 Å². The van der Waals surface area contributed by atoms with E-state index in [0.717, 1.165) is 12.8 Å². The lowest BCUT2D eigenvalue weighted by Gasteiger charge is -2.35. The van der Waals surface area contributed by atoms with Crippen molar-refractivity contribution in [2.75, 3.05) is 0 Å². The molecule has 0 radical (unpaired) electrons. The van der Waals surface area contributed by atoms with Crippen molar-refractivity contribution in [1.29, 1.82) is 0 Å². The summed E-state index contributed by atoms with van der Waals surface area (Å²) in [5.41, 5.74) is 2.52. The molecule has 1 N–H and O–H groups in total. The average Bonchev–Trinajstić information content (AvgIpc) is 2.76. The lowest BCUT2D eigenvalue weighted by atomic mass is 9.98. The number of hydrogen-bond donors (Lipinski definition) is 1. The molecule has 0 bridgehead atoms. The average molecular weight is 288 g/mol. The second-order valence-electron chi connectivity index (χ2n) is 6.35. The fourth-order valence-corrected chi connectivity index (χ4v) is 3.28. The third kappa shape index (κ3) is 3.13. The van der Waals surface area contributed by atoms with Crippen LogP contribution in [0.3, 0.4) is 0 Å². The highest BCUT2D eigenvalue weighted by Crippen LogP contribution is 2.31. The molecule has 1 aromatic carbocycles. The van der Waals surface area contributed by atoms with Crippen LogP contribution in [-0.4, -0.2) is 22.9 Å². The molecule has 1 heterocycles. The van der Waals surface area contributed by atoms with E-state index in [1.54, 1.807) is 0 Å². The van der Waals surface area contributed by atoms with E-state index in [1.165, 1.54) is 11.1 Å². The molecule has 1 aliphatic heterocycles. The van der Waals surface area contributed by atoms with Crippen molar-refractivity contribution >= 4 is 5.91 Å². The highest BCUT2D eigenvalue weighted by atomic mass is 16.2. The molecule has 1 amide bonds. The minimum atomic E-state index is -0.103. The first-order valence-electron chi connectivity index (χ1n) is 8.16. The molecule has 3 unspecified atom stereocenters. The lowest BCUT2D eigenvalue weighted by molar-refractivity contribution is -0.133. The smallest absolute Gasteiger partial charge is 0.241 e. The number of hydrogen-bond acceptors (Lipinski definition) is 2. The van der Waals surface area contributed by atoms with Gasteiger partial charge in [0.05, 0.1) is 6.04 Å². The molecule has 0 saturated carbocycles. The Morgan fingerprint density at radius 1 is 1.19 bits per heavy atom. The van der Waals surface area contributed by atoms with Crippen LogP contribution in [-0.2, 0) is 11.2 Å². The molecular weight excluding hydrogens is 260 g/mol. The molecule has 0 aliphatic carbocycles. The molecule has 1 saturated heterocycles. The first-order valence-corrected chi connectivity index (χ1v) is 8.16. The van der Waals surface area contributed by atoms with E-state index >= 15 is 0 Å². The molecule has 2 rings (SSSR count). The van der Waals surface area contributed by atoms with Gasteiger partial charge in [0.2, 0.25) is 5.91 Å². The Kier molecular flexibility index (Phi) is 5.04. The summed E-state index contributed by atoms with van der Waals surface area (Å²) in [6.07, 6.45) is 2.04. The van der Waals surface area contributed by atoms with Crippen LogP contribution in [0.5, 0.6) is 0 Å². The standard InChI is InChI=1S/C18H28N2O/c1-6-14-8-10-15(11-9-14)17-19-13(5)18(21)20(17)16(7-2)12(3)4/h8-13,16-17,19H,6-7H2,1-5H3. The first-order chi connectivity index (χ1) is 9.99. The SMILES string of the molecule is CCc1ccc(C2NC(C)C(=O)N2C(CC)C(C)C)cc1. The molecule has 1 aliphatic rings. The van der Waals surface area contributed by atoms with E-state index in [0.29, 0.717) is 5.92 Å². The summed E-state index contributed by atoms with van der Waals surface area (Å²) in [6.45, 7) is 10.7. The summed E-state index contributed by atoms with van der Waals surface area (Å²) in [4.78, 5) is 14.6. The first kappa shape index (κ1) is 16.0. The molecule has 3 nitrogen and oxygen atoms in total. The molecule has 0 spiro atoms. The van der Waals surface area contributed by atoms with Crippen molar-refractivity contribution in [3.8, 4) is 0 Å². The van der Waals surface area contributed by atoms with Crippen LogP contribution in [0.4, 0.5) is 0 Å². The Balaban J connectivity index is 2.32. The van der Waals surface area contributed by atoms with Crippen LogP contribution < -0.4 is 5.32 Å². The van der Waals surface area contributed by atoms with Gasteiger partial charge in [-0.1, -0.05) is 52.0 Å². The Morgan fingerprint density at radius 2 is 1.81 bits per heavy atom. The van der Waals surface area contributed by atoms with Crippen molar-refractivity contribution in [3.63, 3.8) is 0 Å². The maximum atomic E-state index is 12.6. The van der Waals surface area contributed by atoms with Gasteiger partial charge >= 0.3 is 0 Å². The normalized spacial score (nSPS) is 23.9. The van der Waals surface area contributed by atoms with E-state index in [2.05, 4.69) is 62.2 Å². The van der Waals surface area contributed by atoms with Gasteiger partial charge in [0.25, 0.3) is 0 Å². The van der Waals surface area contributed by atoms with Gasteiger partial charge in [0, 0.05) is 6.04 Å². The molecule has 1 aromatic rings. The minimum Gasteiger partial charge on any atom is -0.318 e. The van der Waals surface area contributed by atoms with Gasteiger partial charge in [-0.2, -0.15) is 0 Å². The van der Waals surface area contributed by atoms with Crippen LogP contribution in [0.2, 0.25) is 0 Å². The van der Waals surface area contributed by atoms with Crippen LogP contribution in [0.1, 0.15) is 58.3 Å². The maximum Gasteiger partial charge on any atom is 0.241 e. The number of nitrogens with zero attached hydrogens (tertiary/aromatic N) is 1. The monoisotopic (exact) mass is 288 g/mol. The number of amides is 1. The van der Waals surface area contributed by atoms with Crippen LogP contribution in [0, 0.1) is 5.92 Å². The number of rotatable bonds is 5. The largest absolute Gasteiger partial charge is 0.318 e. The third-order valence-electron chi connectivity index (χ3n) is 4.56. The Labute approximate surface area is 128 Å². The second kappa shape index (κ2) is 6.61. The Morgan fingerprint density at radius 3 is 2.29 bits per heavy atom. The van der Waals surface area contributed by atoms with Gasteiger partial charge in [0.15, 0.2) is 0 Å². The topological polar surface area (TPSA) is 32.3 Å². The highest BCUT2D eigenvalue weighted by Gasteiger charge is 2.41. The van der Waals surface area contributed by atoms with Crippen molar-refractivity contribution < 1.29 is 4.79 Å². The summed E-state index contributed by atoms with van der Waals surface area (Å²) >= 11 is 0. The molecule has 3 heteroatoms. The quantitative estimate of drug-likeness (QED) is 0.899. The second-order valence-corrected chi connectivity index (χ2v) is 6.35. The predicted octanol–water partition coefficient (Wildman–Crippen LogP) is 3.50. The molecule has 116 valence electrons. The van der Waals surface area contributed by atoms with Crippen LogP contribution >= 0.6 is 0 Å². The summed E-state index contributed by atoms with van der Waals surface area (Å²) in [5, 5.41) is 3.45. The maximum absolute atomic E-state index is 12.6. The number of benzene rings is 1. The van der Waals surface area contributed by atoms with Crippen LogP contribution in [0.25, 0.3) is 0 Å². The highest BCUT2D eigenvalue weighted by molar-refractivity contribution is 5.84. The molecular formula is C18H28N2O. The van der Waals surface area contributed by atoms with Gasteiger partial charge < -0.3 is 4.90 Å². The molecule has 1 fully saturated rings. The summed E-state index contributed by atoms with van der Waals surface area (Å²) in [5.74, 6) is 0.684. The van der Waals surface area contributed by atoms with E-state index in [4.69, 9.17) is 0 Å². The fraction of sp³-hybridized carbons (Fsp3) is 0.611. The van der Waals surface area contributed by atoms with E-state index in [1.807, 2.05) is 6.92 Å². The zero-order valence-electron chi connectivity index (χ0n) is 13.9. The summed E-state index contributed by atoms with van der Waals surface area (Å²) < 4.78 is 0. The number of carbonyl (C=O) groups is 1. The zero-order valence-corrected chi connectivity index (χ0v) is 13.9. The zero-order chi connectivity index (χ0) is 15.6. The van der Waals surface area contributed by atoms with Crippen molar-refractivity contribution in [2.45, 2.75) is 65.7 Å². The number of aryl methyl sites for hydroxylation is 1. The van der Waals surface area contributed by atoms with Crippen molar-refractivity contribution in [2.24, 2.45) is 5.92 Å². The molecule has 0 aromatic heterocycles. The lowest BCUT2D eigenvalue weighted by Crippen LogP contribution is -2.42. The Hall–Kier alpha value is -1.35. The van der Waals surface area contributed by atoms with Crippen molar-refractivity contribution in [1.82, 2.24) is 10.2 Å². The third-order valence-corrected chi connectivity index (χ3v) is 4.56. The van der Waals surface area contributed by atoms with Gasteiger partial charge in [-0.15, -0.1) is 0 Å². The number of nitrogens with one attached hydrogen (secondary N) is 1. The van der Waals surface area contributed by atoms with Crippen molar-refractivity contribution in [3.05, 3.63) is 35.4 Å². The van der Waals surface area contributed by atoms with Gasteiger partial charge in [0.1, 0.15) is 6.17 Å². The van der Waals surface area contributed by atoms with Crippen LogP contribution in [0.15, 0.2) is 24.3 Å².